The van der Waals surface area contributed by atoms with E-state index in [0.717, 1.165) is 43.2 Å². The zero-order chi connectivity index (χ0) is 19.4. The number of nitrogens with zero attached hydrogens (tertiary/aromatic N) is 2. The summed E-state index contributed by atoms with van der Waals surface area (Å²) in [4.78, 5) is 29.5. The molecule has 1 N–H and O–H groups in total. The SMILES string of the molecule is O=C(Nc1ccccc1)N1CCC2(CC1)SCCN2C(=O)CCC1CCCC1. The van der Waals surface area contributed by atoms with Crippen molar-refractivity contribution in [3.63, 3.8) is 0 Å². The van der Waals surface area contributed by atoms with Gasteiger partial charge in [-0.1, -0.05) is 43.9 Å². The molecular weight excluding hydrogens is 370 g/mol. The molecule has 5 nitrogen and oxygen atoms in total. The third-order valence-corrected chi connectivity index (χ3v) is 8.13. The number of para-hydroxylation sites is 1. The number of thioether (sulfide) groups is 1. The van der Waals surface area contributed by atoms with E-state index in [9.17, 15) is 9.59 Å². The zero-order valence-electron chi connectivity index (χ0n) is 16.6. The molecule has 28 heavy (non-hydrogen) atoms. The number of benzene rings is 1. The Labute approximate surface area is 172 Å². The van der Waals surface area contributed by atoms with Crippen molar-refractivity contribution >= 4 is 29.4 Å². The Morgan fingerprint density at radius 2 is 1.79 bits per heavy atom. The van der Waals surface area contributed by atoms with Gasteiger partial charge in [0.05, 0.1) is 4.87 Å². The largest absolute Gasteiger partial charge is 0.327 e. The number of carbonyl (C=O) groups excluding carboxylic acids is 2. The molecule has 0 atom stereocenters. The number of hydrogen-bond acceptors (Lipinski definition) is 3. The first-order valence-electron chi connectivity index (χ1n) is 10.7. The minimum atomic E-state index is -0.0870. The number of piperidine rings is 1. The van der Waals surface area contributed by atoms with Crippen LogP contribution in [0.3, 0.4) is 0 Å². The summed E-state index contributed by atoms with van der Waals surface area (Å²) in [6.07, 6.45) is 8.78. The van der Waals surface area contributed by atoms with Crippen molar-refractivity contribution in [1.82, 2.24) is 9.80 Å². The van der Waals surface area contributed by atoms with Crippen LogP contribution in [0.4, 0.5) is 10.5 Å². The molecular formula is C22H31N3O2S. The number of likely N-dealkylation sites (tertiary alicyclic amines) is 1. The second-order valence-corrected chi connectivity index (χ2v) is 9.77. The van der Waals surface area contributed by atoms with Crippen molar-refractivity contribution < 1.29 is 9.59 Å². The molecule has 3 fully saturated rings. The summed E-state index contributed by atoms with van der Waals surface area (Å²) in [6, 6.07) is 9.55. The van der Waals surface area contributed by atoms with E-state index in [0.29, 0.717) is 25.4 Å². The van der Waals surface area contributed by atoms with Crippen LogP contribution in [0.5, 0.6) is 0 Å². The Hall–Kier alpha value is -1.69. The predicted octanol–water partition coefficient (Wildman–Crippen LogP) is 4.56. The molecule has 3 amide bonds. The molecule has 0 aromatic heterocycles. The van der Waals surface area contributed by atoms with Gasteiger partial charge in [-0.2, -0.15) is 0 Å². The number of urea groups is 1. The van der Waals surface area contributed by atoms with E-state index in [1.165, 1.54) is 25.7 Å². The van der Waals surface area contributed by atoms with Gasteiger partial charge in [0.2, 0.25) is 5.91 Å². The lowest BCUT2D eigenvalue weighted by atomic mass is 9.99. The number of amides is 3. The van der Waals surface area contributed by atoms with Crippen molar-refractivity contribution in [1.29, 1.82) is 0 Å². The highest BCUT2D eigenvalue weighted by Gasteiger charge is 2.46. The summed E-state index contributed by atoms with van der Waals surface area (Å²) in [7, 11) is 0. The third kappa shape index (κ3) is 4.32. The lowest BCUT2D eigenvalue weighted by Gasteiger charge is -2.44. The fourth-order valence-corrected chi connectivity index (χ4v) is 6.39. The molecule has 1 spiro atoms. The Morgan fingerprint density at radius 1 is 1.07 bits per heavy atom. The minimum absolute atomic E-state index is 0.0387. The van der Waals surface area contributed by atoms with Crippen LogP contribution in [0.15, 0.2) is 30.3 Å². The molecule has 2 saturated heterocycles. The van der Waals surface area contributed by atoms with E-state index >= 15 is 0 Å². The highest BCUT2D eigenvalue weighted by molar-refractivity contribution is 8.00. The molecule has 3 aliphatic rings. The average Bonchev–Trinajstić information content (AvgIpc) is 3.38. The number of carbonyl (C=O) groups is 2. The van der Waals surface area contributed by atoms with Crippen molar-refractivity contribution in [2.24, 2.45) is 5.92 Å². The standard InChI is InChI=1S/C22H31N3O2S/c26-20(11-10-18-6-4-5-7-18)25-16-17-28-22(25)12-14-24(15-13-22)21(27)23-19-8-2-1-3-9-19/h1-3,8-9,18H,4-7,10-17H2,(H,23,27). The van der Waals surface area contributed by atoms with Crippen molar-refractivity contribution in [2.75, 3.05) is 30.7 Å². The van der Waals surface area contributed by atoms with E-state index in [1.807, 2.05) is 47.0 Å². The first-order chi connectivity index (χ1) is 13.7. The monoisotopic (exact) mass is 401 g/mol. The van der Waals surface area contributed by atoms with Crippen LogP contribution in [0, 0.1) is 5.92 Å². The van der Waals surface area contributed by atoms with E-state index in [1.54, 1.807) is 0 Å². The van der Waals surface area contributed by atoms with Gasteiger partial charge in [-0.3, -0.25) is 4.79 Å². The van der Waals surface area contributed by atoms with Crippen LogP contribution < -0.4 is 5.32 Å². The maximum absolute atomic E-state index is 13.0. The fourth-order valence-electron chi connectivity index (χ4n) is 4.92. The summed E-state index contributed by atoms with van der Waals surface area (Å²) >= 11 is 1.92. The van der Waals surface area contributed by atoms with E-state index in [-0.39, 0.29) is 10.9 Å². The van der Waals surface area contributed by atoms with E-state index < -0.39 is 0 Å². The topological polar surface area (TPSA) is 52.7 Å². The molecule has 1 saturated carbocycles. The lowest BCUT2D eigenvalue weighted by Crippen LogP contribution is -2.54. The molecule has 2 heterocycles. The predicted molar refractivity (Wildman–Crippen MR) is 114 cm³/mol. The van der Waals surface area contributed by atoms with Gasteiger partial charge in [-0.25, -0.2) is 4.79 Å². The average molecular weight is 402 g/mol. The number of nitrogens with one attached hydrogen (secondary N) is 1. The highest BCUT2D eigenvalue weighted by Crippen LogP contribution is 2.44. The van der Waals surface area contributed by atoms with Gasteiger partial charge in [0, 0.05) is 37.5 Å². The van der Waals surface area contributed by atoms with Gasteiger partial charge in [-0.05, 0) is 37.3 Å². The molecule has 6 heteroatoms. The molecule has 0 bridgehead atoms. The molecule has 1 aliphatic carbocycles. The smallest absolute Gasteiger partial charge is 0.321 e. The van der Waals surface area contributed by atoms with Crippen LogP contribution in [0.25, 0.3) is 0 Å². The van der Waals surface area contributed by atoms with Gasteiger partial charge in [0.25, 0.3) is 0 Å². The molecule has 152 valence electrons. The highest BCUT2D eigenvalue weighted by atomic mass is 32.2. The molecule has 0 unspecified atom stereocenters. The number of rotatable bonds is 4. The van der Waals surface area contributed by atoms with Gasteiger partial charge in [0.1, 0.15) is 0 Å². The van der Waals surface area contributed by atoms with Crippen LogP contribution in [0.2, 0.25) is 0 Å². The molecule has 2 aliphatic heterocycles. The number of anilines is 1. The van der Waals surface area contributed by atoms with Gasteiger partial charge < -0.3 is 15.1 Å². The first kappa shape index (κ1) is 19.6. The lowest BCUT2D eigenvalue weighted by molar-refractivity contribution is -0.134. The van der Waals surface area contributed by atoms with Crippen LogP contribution in [-0.2, 0) is 4.79 Å². The third-order valence-electron chi connectivity index (χ3n) is 6.58. The molecule has 1 aromatic rings. The van der Waals surface area contributed by atoms with Gasteiger partial charge >= 0.3 is 6.03 Å². The summed E-state index contributed by atoms with van der Waals surface area (Å²) < 4.78 is 0. The van der Waals surface area contributed by atoms with E-state index in [2.05, 4.69) is 10.2 Å². The normalized spacial score (nSPS) is 22.0. The molecule has 0 radical (unpaired) electrons. The Morgan fingerprint density at radius 3 is 2.50 bits per heavy atom. The first-order valence-corrected chi connectivity index (χ1v) is 11.7. The summed E-state index contributed by atoms with van der Waals surface area (Å²) in [5.74, 6) is 2.11. The van der Waals surface area contributed by atoms with Gasteiger partial charge in [0.15, 0.2) is 0 Å². The van der Waals surface area contributed by atoms with Crippen LogP contribution in [0.1, 0.15) is 51.4 Å². The maximum atomic E-state index is 13.0. The number of hydrogen-bond donors (Lipinski definition) is 1. The second-order valence-electron chi connectivity index (χ2n) is 8.31. The maximum Gasteiger partial charge on any atom is 0.321 e. The quantitative estimate of drug-likeness (QED) is 0.805. The summed E-state index contributed by atoms with van der Waals surface area (Å²) in [5.41, 5.74) is 0.826. The Bertz CT molecular complexity index is 682. The van der Waals surface area contributed by atoms with Gasteiger partial charge in [-0.15, -0.1) is 11.8 Å². The second kappa shape index (κ2) is 8.76. The zero-order valence-corrected chi connectivity index (χ0v) is 17.4. The molecule has 1 aromatic carbocycles. The Balaban J connectivity index is 1.30. The summed E-state index contributed by atoms with van der Waals surface area (Å²) in [6.45, 7) is 2.28. The fraction of sp³-hybridized carbons (Fsp3) is 0.636. The van der Waals surface area contributed by atoms with Crippen molar-refractivity contribution in [2.45, 2.75) is 56.2 Å². The molecule has 4 rings (SSSR count). The van der Waals surface area contributed by atoms with Crippen molar-refractivity contribution in [3.05, 3.63) is 30.3 Å². The summed E-state index contributed by atoms with van der Waals surface area (Å²) in [5, 5.41) is 2.98. The van der Waals surface area contributed by atoms with Crippen LogP contribution >= 0.6 is 11.8 Å². The van der Waals surface area contributed by atoms with Crippen molar-refractivity contribution in [3.8, 4) is 0 Å². The minimum Gasteiger partial charge on any atom is -0.327 e. The van der Waals surface area contributed by atoms with Crippen LogP contribution in [-0.4, -0.2) is 52.0 Å². The van der Waals surface area contributed by atoms with E-state index in [4.69, 9.17) is 0 Å². The Kier molecular flexibility index (Phi) is 6.14.